The van der Waals surface area contributed by atoms with Gasteiger partial charge >= 0.3 is 0 Å². The summed E-state index contributed by atoms with van der Waals surface area (Å²) in [6.07, 6.45) is 6.12. The Labute approximate surface area is 203 Å². The van der Waals surface area contributed by atoms with Gasteiger partial charge in [0.2, 0.25) is 0 Å². The molecule has 2 N–H and O–H groups in total. The number of H-pyrrole nitrogens is 1. The first-order chi connectivity index (χ1) is 17.3. The van der Waals surface area contributed by atoms with Crippen molar-refractivity contribution in [3.8, 4) is 22.6 Å². The van der Waals surface area contributed by atoms with Crippen LogP contribution >= 0.6 is 0 Å². The number of carbonyl (C=O) groups is 1. The van der Waals surface area contributed by atoms with Crippen LogP contribution < -0.4 is 15.6 Å². The van der Waals surface area contributed by atoms with Crippen LogP contribution in [0.3, 0.4) is 0 Å². The summed E-state index contributed by atoms with van der Waals surface area (Å²) in [5, 5.41) is 3.39. The number of pyridine rings is 1. The molecule has 0 aliphatic heterocycles. The van der Waals surface area contributed by atoms with Crippen LogP contribution in [0.25, 0.3) is 22.0 Å². The van der Waals surface area contributed by atoms with Gasteiger partial charge in [0.05, 0.1) is 11.9 Å². The Balaban J connectivity index is 1.61. The maximum Gasteiger partial charge on any atom is 0.275 e. The van der Waals surface area contributed by atoms with Gasteiger partial charge in [-0.25, -0.2) is 13.8 Å². The molecule has 2 aromatic carbocycles. The molecule has 3 aromatic heterocycles. The fraction of sp³-hybridized carbons (Fsp3) is 0.0769. The molecule has 0 atom stereocenters. The van der Waals surface area contributed by atoms with Gasteiger partial charge in [0.15, 0.2) is 11.6 Å². The summed E-state index contributed by atoms with van der Waals surface area (Å²) >= 11 is 0. The molecule has 5 aromatic rings. The Hall–Kier alpha value is -4.86. The lowest BCUT2D eigenvalue weighted by atomic mass is 10.0. The lowest BCUT2D eigenvalue weighted by Gasteiger charge is -2.14. The highest BCUT2D eigenvalue weighted by Crippen LogP contribution is 2.39. The molecule has 180 valence electrons. The number of nitrogens with one attached hydrogen (secondary N) is 2. The van der Waals surface area contributed by atoms with Crippen molar-refractivity contribution in [3.63, 3.8) is 0 Å². The predicted octanol–water partition coefficient (Wildman–Crippen LogP) is 4.95. The molecule has 0 fully saturated rings. The van der Waals surface area contributed by atoms with Crippen molar-refractivity contribution in [1.82, 2.24) is 19.5 Å². The topological polar surface area (TPSA) is 102 Å². The second-order valence-electron chi connectivity index (χ2n) is 8.11. The SMILES string of the molecule is Cc1cnc(C(=O)Nc2ccc(Oc3ccc(F)cc3F)c(-c3cn(C)c4c(=O)[nH]ccc34)c2)cn1. The molecule has 0 saturated carbocycles. The molecular weight excluding hydrogens is 468 g/mol. The average Bonchev–Trinajstić information content (AvgIpc) is 3.19. The first-order valence-electron chi connectivity index (χ1n) is 10.8. The van der Waals surface area contributed by atoms with Crippen LogP contribution in [0.1, 0.15) is 16.2 Å². The van der Waals surface area contributed by atoms with Crippen LogP contribution in [0.15, 0.2) is 72.0 Å². The summed E-state index contributed by atoms with van der Waals surface area (Å²) in [5.74, 6) is -2.01. The van der Waals surface area contributed by atoms with Crippen LogP contribution in [-0.2, 0) is 7.05 Å². The van der Waals surface area contributed by atoms with Crippen LogP contribution in [-0.4, -0.2) is 25.4 Å². The Morgan fingerprint density at radius 1 is 1.03 bits per heavy atom. The molecule has 0 bridgehead atoms. The summed E-state index contributed by atoms with van der Waals surface area (Å²) in [5.41, 5.74) is 2.45. The first kappa shape index (κ1) is 22.9. The number of benzene rings is 2. The van der Waals surface area contributed by atoms with Gasteiger partial charge in [-0.2, -0.15) is 0 Å². The van der Waals surface area contributed by atoms with Crippen LogP contribution in [0.2, 0.25) is 0 Å². The molecular formula is C26H19F2N5O3. The van der Waals surface area contributed by atoms with Gasteiger partial charge in [-0.05, 0) is 43.3 Å². The highest BCUT2D eigenvalue weighted by Gasteiger charge is 2.18. The number of amides is 1. The highest BCUT2D eigenvalue weighted by molar-refractivity contribution is 6.04. The third-order valence-corrected chi connectivity index (χ3v) is 5.56. The molecule has 1 amide bonds. The second-order valence-corrected chi connectivity index (χ2v) is 8.11. The Kier molecular flexibility index (Phi) is 5.77. The number of hydrogen-bond donors (Lipinski definition) is 2. The number of aryl methyl sites for hydroxylation is 2. The number of fused-ring (bicyclic) bond motifs is 1. The third kappa shape index (κ3) is 4.31. The molecule has 0 unspecified atom stereocenters. The van der Waals surface area contributed by atoms with Gasteiger partial charge in [0, 0.05) is 53.9 Å². The minimum atomic E-state index is -0.870. The number of hydrogen-bond acceptors (Lipinski definition) is 5. The largest absolute Gasteiger partial charge is 0.454 e. The molecule has 0 saturated heterocycles. The van der Waals surface area contributed by atoms with Crippen molar-refractivity contribution in [3.05, 3.63) is 101 Å². The standard InChI is InChI=1S/C26H19F2N5O3/c1-14-11-31-21(12-30-14)25(34)32-16-4-6-22(36-23-5-3-15(27)9-20(23)28)18(10-16)19-13-33(2)24-17(19)7-8-29-26(24)35/h3-13H,1-2H3,(H,29,35)(H,32,34). The van der Waals surface area contributed by atoms with E-state index in [4.69, 9.17) is 4.74 Å². The van der Waals surface area contributed by atoms with E-state index in [1.807, 2.05) is 0 Å². The van der Waals surface area contributed by atoms with Gasteiger partial charge in [0.25, 0.3) is 11.5 Å². The van der Waals surface area contributed by atoms with E-state index >= 15 is 0 Å². The summed E-state index contributed by atoms with van der Waals surface area (Å²) in [7, 11) is 1.73. The molecule has 0 aliphatic carbocycles. The van der Waals surface area contributed by atoms with Crippen molar-refractivity contribution in [2.45, 2.75) is 6.92 Å². The van der Waals surface area contributed by atoms with Gasteiger partial charge in [-0.15, -0.1) is 0 Å². The van der Waals surface area contributed by atoms with E-state index in [-0.39, 0.29) is 22.8 Å². The fourth-order valence-corrected chi connectivity index (χ4v) is 3.87. The van der Waals surface area contributed by atoms with E-state index in [9.17, 15) is 18.4 Å². The first-order valence-corrected chi connectivity index (χ1v) is 10.8. The highest BCUT2D eigenvalue weighted by atomic mass is 19.1. The molecule has 0 aliphatic rings. The van der Waals surface area contributed by atoms with Crippen LogP contribution in [0.5, 0.6) is 11.5 Å². The Morgan fingerprint density at radius 3 is 2.58 bits per heavy atom. The molecule has 0 spiro atoms. The van der Waals surface area contributed by atoms with Crippen molar-refractivity contribution in [2.75, 3.05) is 5.32 Å². The zero-order chi connectivity index (χ0) is 25.4. The predicted molar refractivity (Wildman–Crippen MR) is 130 cm³/mol. The van der Waals surface area contributed by atoms with E-state index in [2.05, 4.69) is 20.3 Å². The lowest BCUT2D eigenvalue weighted by molar-refractivity contribution is 0.102. The summed E-state index contributed by atoms with van der Waals surface area (Å²) in [6, 6.07) is 9.52. The number of aromatic amines is 1. The molecule has 5 rings (SSSR count). The van der Waals surface area contributed by atoms with Crippen molar-refractivity contribution >= 4 is 22.5 Å². The Morgan fingerprint density at radius 2 is 1.83 bits per heavy atom. The van der Waals surface area contributed by atoms with Crippen molar-refractivity contribution < 1.29 is 18.3 Å². The number of carbonyl (C=O) groups excluding carboxylic acids is 1. The van der Waals surface area contributed by atoms with Crippen LogP contribution in [0, 0.1) is 18.6 Å². The van der Waals surface area contributed by atoms with E-state index in [1.165, 1.54) is 24.7 Å². The molecule has 36 heavy (non-hydrogen) atoms. The summed E-state index contributed by atoms with van der Waals surface area (Å²) in [6.45, 7) is 1.76. The molecule has 8 nitrogen and oxygen atoms in total. The normalized spacial score (nSPS) is 11.0. The van der Waals surface area contributed by atoms with Crippen molar-refractivity contribution in [2.24, 2.45) is 7.05 Å². The molecule has 0 radical (unpaired) electrons. The molecule has 10 heteroatoms. The Bertz CT molecular complexity index is 1680. The number of aromatic nitrogens is 4. The van der Waals surface area contributed by atoms with E-state index in [0.29, 0.717) is 33.4 Å². The van der Waals surface area contributed by atoms with Crippen molar-refractivity contribution in [1.29, 1.82) is 0 Å². The summed E-state index contributed by atoms with van der Waals surface area (Å²) in [4.78, 5) is 36.0. The van der Waals surface area contributed by atoms with E-state index < -0.39 is 17.5 Å². The number of rotatable bonds is 5. The third-order valence-electron chi connectivity index (χ3n) is 5.56. The van der Waals surface area contributed by atoms with Crippen LogP contribution in [0.4, 0.5) is 14.5 Å². The maximum absolute atomic E-state index is 14.4. The van der Waals surface area contributed by atoms with Gasteiger partial charge < -0.3 is 19.6 Å². The average molecular weight is 487 g/mol. The molecule has 3 heterocycles. The van der Waals surface area contributed by atoms with Gasteiger partial charge in [-0.1, -0.05) is 0 Å². The lowest BCUT2D eigenvalue weighted by Crippen LogP contribution is -2.14. The number of anilines is 1. The number of nitrogens with zero attached hydrogens (tertiary/aromatic N) is 3. The zero-order valence-electron chi connectivity index (χ0n) is 19.2. The fourth-order valence-electron chi connectivity index (χ4n) is 3.87. The van der Waals surface area contributed by atoms with Gasteiger partial charge in [-0.3, -0.25) is 14.6 Å². The minimum absolute atomic E-state index is 0.132. The summed E-state index contributed by atoms with van der Waals surface area (Å²) < 4.78 is 35.3. The minimum Gasteiger partial charge on any atom is -0.454 e. The number of ether oxygens (including phenoxy) is 1. The van der Waals surface area contributed by atoms with Gasteiger partial charge in [0.1, 0.15) is 22.8 Å². The van der Waals surface area contributed by atoms with E-state index in [1.54, 1.807) is 49.0 Å². The maximum atomic E-state index is 14.4. The quantitative estimate of drug-likeness (QED) is 0.365. The zero-order valence-corrected chi connectivity index (χ0v) is 19.2. The number of halogens is 2. The van der Waals surface area contributed by atoms with E-state index in [0.717, 1.165) is 12.1 Å². The monoisotopic (exact) mass is 487 g/mol. The second kappa shape index (κ2) is 9.06. The smallest absolute Gasteiger partial charge is 0.275 e.